The smallest absolute Gasteiger partial charge is 0.167 e. The van der Waals surface area contributed by atoms with Gasteiger partial charge < -0.3 is 8.98 Å². The van der Waals surface area contributed by atoms with E-state index in [-0.39, 0.29) is 0 Å². The molecule has 0 radical (unpaired) electrons. The number of rotatable bonds is 6. The molecule has 3 heterocycles. The first-order valence-electron chi connectivity index (χ1n) is 22.5. The summed E-state index contributed by atoms with van der Waals surface area (Å²) in [6, 6.07) is 63.2. The van der Waals surface area contributed by atoms with Gasteiger partial charge in [-0.15, -0.1) is 0 Å². The maximum atomic E-state index is 6.77. The molecule has 0 amide bonds. The zero-order valence-corrected chi connectivity index (χ0v) is 34.7. The number of benzene rings is 8. The van der Waals surface area contributed by atoms with Gasteiger partial charge in [0.15, 0.2) is 17.5 Å². The Labute approximate surface area is 364 Å². The topological polar surface area (TPSA) is 56.7 Å². The monoisotopic (exact) mass is 810 g/mol. The molecule has 4 aliphatic carbocycles. The highest BCUT2D eigenvalue weighted by Gasteiger charge is 2.56. The van der Waals surface area contributed by atoms with Crippen LogP contribution in [0.3, 0.4) is 0 Å². The normalized spacial score (nSPS) is 20.3. The SMILES string of the molecule is c1ccc(-n2c3ccccc3c3cc(-c4nc(-c5ccc6ccccc6c5)nc(-c5cc(-c6ccc(C78CC9CC(C7)C(C9)C8)cc6)cc6c5oc5ccccc56)n4)ccc32)cc1. The molecule has 4 bridgehead atoms. The second-order valence-electron chi connectivity index (χ2n) is 18.6. The molecule has 5 heteroatoms. The lowest BCUT2D eigenvalue weighted by Gasteiger charge is -2.39. The van der Waals surface area contributed by atoms with Gasteiger partial charge in [-0.3, -0.25) is 0 Å². The van der Waals surface area contributed by atoms with Gasteiger partial charge in [-0.25, -0.2) is 15.0 Å². The third-order valence-corrected chi connectivity index (χ3v) is 15.1. The van der Waals surface area contributed by atoms with Crippen molar-refractivity contribution in [3.63, 3.8) is 0 Å². The Morgan fingerprint density at radius 1 is 0.460 bits per heavy atom. The lowest BCUT2D eigenvalue weighted by Crippen LogP contribution is -2.31. The highest BCUT2D eigenvalue weighted by atomic mass is 16.3. The van der Waals surface area contributed by atoms with Crippen molar-refractivity contribution in [3.8, 4) is 51.0 Å². The number of hydrogen-bond donors (Lipinski definition) is 0. The lowest BCUT2D eigenvalue weighted by molar-refractivity contribution is 0.229. The molecular weight excluding hydrogens is 769 g/mol. The fourth-order valence-electron chi connectivity index (χ4n) is 12.4. The van der Waals surface area contributed by atoms with Gasteiger partial charge >= 0.3 is 0 Å². The Kier molecular flexibility index (Phi) is 7.45. The third-order valence-electron chi connectivity index (χ3n) is 15.1. The second kappa shape index (κ2) is 13.3. The van der Waals surface area contributed by atoms with Crippen LogP contribution in [0.5, 0.6) is 0 Å². The minimum Gasteiger partial charge on any atom is -0.455 e. The molecule has 4 saturated carbocycles. The van der Waals surface area contributed by atoms with Crippen molar-refractivity contribution in [3.05, 3.63) is 181 Å². The van der Waals surface area contributed by atoms with Gasteiger partial charge in [0.05, 0.1) is 16.6 Å². The van der Waals surface area contributed by atoms with Gasteiger partial charge in [-0.2, -0.15) is 0 Å². The average Bonchev–Trinajstić information content (AvgIpc) is 4.05. The minimum absolute atomic E-state index is 0.366. The van der Waals surface area contributed by atoms with Crippen LogP contribution in [0.2, 0.25) is 0 Å². The van der Waals surface area contributed by atoms with E-state index in [9.17, 15) is 0 Å². The van der Waals surface area contributed by atoms with E-state index < -0.39 is 0 Å². The first-order valence-corrected chi connectivity index (χ1v) is 22.5. The van der Waals surface area contributed by atoms with Crippen LogP contribution < -0.4 is 0 Å². The summed E-state index contributed by atoms with van der Waals surface area (Å²) in [6.07, 6.45) is 7.02. The zero-order valence-electron chi connectivity index (χ0n) is 34.7. The predicted octanol–water partition coefficient (Wildman–Crippen LogP) is 14.8. The molecule has 0 saturated heterocycles. The average molecular weight is 811 g/mol. The summed E-state index contributed by atoms with van der Waals surface area (Å²) in [6.45, 7) is 0. The molecule has 63 heavy (non-hydrogen) atoms. The summed E-state index contributed by atoms with van der Waals surface area (Å²) in [4.78, 5) is 16.0. The van der Waals surface area contributed by atoms with Crippen molar-refractivity contribution < 1.29 is 4.42 Å². The van der Waals surface area contributed by atoms with Gasteiger partial charge in [-0.1, -0.05) is 115 Å². The molecular formula is C58H42N4O. The van der Waals surface area contributed by atoms with E-state index >= 15 is 0 Å². The molecule has 0 aliphatic heterocycles. The van der Waals surface area contributed by atoms with Gasteiger partial charge in [0.1, 0.15) is 11.2 Å². The van der Waals surface area contributed by atoms with E-state index in [1.54, 1.807) is 0 Å². The maximum absolute atomic E-state index is 6.77. The Bertz CT molecular complexity index is 3620. The van der Waals surface area contributed by atoms with E-state index in [2.05, 4.69) is 174 Å². The maximum Gasteiger partial charge on any atom is 0.167 e. The summed E-state index contributed by atoms with van der Waals surface area (Å²) in [7, 11) is 0. The molecule has 5 nitrogen and oxygen atoms in total. The molecule has 4 fully saturated rings. The van der Waals surface area contributed by atoms with E-state index in [0.29, 0.717) is 22.9 Å². The van der Waals surface area contributed by atoms with E-state index in [1.807, 2.05) is 6.07 Å². The van der Waals surface area contributed by atoms with Crippen LogP contribution in [-0.2, 0) is 5.41 Å². The van der Waals surface area contributed by atoms with E-state index in [4.69, 9.17) is 19.4 Å². The summed E-state index contributed by atoms with van der Waals surface area (Å²) in [5.74, 6) is 4.59. The fraction of sp³-hybridized carbons (Fsp3) is 0.155. The number of para-hydroxylation sites is 3. The summed E-state index contributed by atoms with van der Waals surface area (Å²) in [5.41, 5.74) is 11.9. The Hall–Kier alpha value is -7.37. The summed E-state index contributed by atoms with van der Waals surface area (Å²) in [5, 5.41) is 6.76. The van der Waals surface area contributed by atoms with Crippen molar-refractivity contribution in [1.29, 1.82) is 0 Å². The second-order valence-corrected chi connectivity index (χ2v) is 18.6. The number of aromatic nitrogens is 4. The number of nitrogens with zero attached hydrogens (tertiary/aromatic N) is 4. The van der Waals surface area contributed by atoms with Gasteiger partial charge in [-0.05, 0) is 143 Å². The van der Waals surface area contributed by atoms with Crippen LogP contribution >= 0.6 is 0 Å². The molecule has 2 unspecified atom stereocenters. The molecule has 3 aromatic heterocycles. The molecule has 8 aromatic carbocycles. The van der Waals surface area contributed by atoms with Gasteiger partial charge in [0, 0.05) is 38.4 Å². The van der Waals surface area contributed by atoms with Crippen molar-refractivity contribution in [2.75, 3.05) is 0 Å². The van der Waals surface area contributed by atoms with Crippen LogP contribution in [0.15, 0.2) is 180 Å². The van der Waals surface area contributed by atoms with E-state index in [0.717, 1.165) is 89.4 Å². The fourth-order valence-corrected chi connectivity index (χ4v) is 12.4. The van der Waals surface area contributed by atoms with Gasteiger partial charge in [0.25, 0.3) is 0 Å². The van der Waals surface area contributed by atoms with Crippen LogP contribution in [0.25, 0.3) is 105 Å². The number of hydrogen-bond acceptors (Lipinski definition) is 4. The molecule has 11 aromatic rings. The molecule has 15 rings (SSSR count). The van der Waals surface area contributed by atoms with Crippen LogP contribution in [0, 0.1) is 17.8 Å². The zero-order chi connectivity index (χ0) is 41.2. The first-order chi connectivity index (χ1) is 31.1. The van der Waals surface area contributed by atoms with E-state index in [1.165, 1.54) is 54.0 Å². The summed E-state index contributed by atoms with van der Waals surface area (Å²) >= 11 is 0. The highest BCUT2D eigenvalue weighted by molar-refractivity contribution is 6.12. The highest BCUT2D eigenvalue weighted by Crippen LogP contribution is 2.64. The Balaban J connectivity index is 0.970. The quantitative estimate of drug-likeness (QED) is 0.168. The van der Waals surface area contributed by atoms with Crippen molar-refractivity contribution in [2.45, 2.75) is 37.5 Å². The van der Waals surface area contributed by atoms with Crippen LogP contribution in [-0.4, -0.2) is 19.5 Å². The molecule has 300 valence electrons. The van der Waals surface area contributed by atoms with Crippen LogP contribution in [0.4, 0.5) is 0 Å². The molecule has 4 aliphatic rings. The standard InChI is InChI=1S/C58H42N4O/c1-2-12-45(13-3-1)62-51-16-8-6-14-46(51)48-29-40(22-25-52(48)62)56-59-55(39-19-18-36-10-4-5-11-38(36)28-39)60-57(61-56)50-31-41(30-49-47-15-7-9-17-53(47)63-54(49)50)37-20-23-44(24-21-37)58-32-35-26-42(33-58)43(27-35)34-58/h1-25,28-31,35,42-43H,26-27,32-34H2. The molecule has 0 spiro atoms. The number of fused-ring (bicyclic) bond motifs is 7. The van der Waals surface area contributed by atoms with Crippen molar-refractivity contribution >= 4 is 54.5 Å². The van der Waals surface area contributed by atoms with Crippen LogP contribution in [0.1, 0.15) is 37.7 Å². The van der Waals surface area contributed by atoms with Crippen molar-refractivity contribution in [2.24, 2.45) is 17.8 Å². The Morgan fingerprint density at radius 2 is 1.10 bits per heavy atom. The lowest BCUT2D eigenvalue weighted by atomic mass is 9.66. The minimum atomic E-state index is 0.366. The summed E-state index contributed by atoms with van der Waals surface area (Å²) < 4.78 is 9.11. The van der Waals surface area contributed by atoms with Crippen molar-refractivity contribution in [1.82, 2.24) is 19.5 Å². The predicted molar refractivity (Wildman–Crippen MR) is 256 cm³/mol. The third kappa shape index (κ3) is 5.45. The molecule has 2 atom stereocenters. The largest absolute Gasteiger partial charge is 0.455 e. The molecule has 0 N–H and O–H groups in total. The first kappa shape index (κ1) is 35.2. The number of furan rings is 1. The van der Waals surface area contributed by atoms with Gasteiger partial charge in [0.2, 0.25) is 0 Å². The Morgan fingerprint density at radius 3 is 1.90 bits per heavy atom.